The highest BCUT2D eigenvalue weighted by Crippen LogP contribution is 2.19. The quantitative estimate of drug-likeness (QED) is 0.839. The molecular formula is C18H18F2N2O4S. The third-order valence-electron chi connectivity index (χ3n) is 4.21. The van der Waals surface area contributed by atoms with Crippen molar-refractivity contribution in [1.29, 1.82) is 0 Å². The van der Waals surface area contributed by atoms with Gasteiger partial charge >= 0.3 is 0 Å². The van der Waals surface area contributed by atoms with E-state index in [9.17, 15) is 22.0 Å². The van der Waals surface area contributed by atoms with Crippen molar-refractivity contribution in [2.45, 2.75) is 17.9 Å². The van der Waals surface area contributed by atoms with Gasteiger partial charge in [0, 0.05) is 12.2 Å². The zero-order valence-electron chi connectivity index (χ0n) is 14.5. The number of rotatable bonds is 5. The number of hydrogen-bond acceptors (Lipinski definition) is 4. The van der Waals surface area contributed by atoms with Crippen molar-refractivity contribution in [2.75, 3.05) is 24.6 Å². The molecule has 1 N–H and O–H groups in total. The Morgan fingerprint density at radius 1 is 1.19 bits per heavy atom. The zero-order chi connectivity index (χ0) is 19.6. The lowest BCUT2D eigenvalue weighted by atomic mass is 10.2. The number of amides is 1. The number of sulfonamides is 1. The summed E-state index contributed by atoms with van der Waals surface area (Å²) in [6.07, 6.45) is -0.580. The second-order valence-electron chi connectivity index (χ2n) is 6.18. The molecular weight excluding hydrogens is 378 g/mol. The van der Waals surface area contributed by atoms with Gasteiger partial charge in [-0.1, -0.05) is 0 Å². The largest absolute Gasteiger partial charge is 0.365 e. The molecule has 1 aliphatic rings. The Kier molecular flexibility index (Phi) is 5.54. The van der Waals surface area contributed by atoms with Crippen molar-refractivity contribution in [3.8, 4) is 0 Å². The third kappa shape index (κ3) is 4.49. The van der Waals surface area contributed by atoms with E-state index in [1.807, 2.05) is 0 Å². The molecule has 9 heteroatoms. The molecule has 27 heavy (non-hydrogen) atoms. The van der Waals surface area contributed by atoms with Crippen LogP contribution in [0.3, 0.4) is 0 Å². The molecule has 0 radical (unpaired) electrons. The monoisotopic (exact) mass is 396 g/mol. The summed E-state index contributed by atoms with van der Waals surface area (Å²) in [5, 5.41) is 0. The molecule has 1 unspecified atom stereocenters. The van der Waals surface area contributed by atoms with E-state index in [1.165, 1.54) is 48.2 Å². The molecule has 1 fully saturated rings. The number of carbonyl (C=O) groups excluding carboxylic acids is 1. The fourth-order valence-electron chi connectivity index (χ4n) is 2.69. The van der Waals surface area contributed by atoms with Gasteiger partial charge in [0.2, 0.25) is 10.0 Å². The number of aryl methyl sites for hydroxylation is 1. The molecule has 3 rings (SSSR count). The Bertz CT molecular complexity index is 948. The summed E-state index contributed by atoms with van der Waals surface area (Å²) in [5.41, 5.74) is 0.728. The Hall–Kier alpha value is -2.36. The van der Waals surface area contributed by atoms with Crippen molar-refractivity contribution in [1.82, 2.24) is 4.72 Å². The third-order valence-corrected chi connectivity index (χ3v) is 5.63. The van der Waals surface area contributed by atoms with Gasteiger partial charge in [0.1, 0.15) is 18.2 Å². The lowest BCUT2D eigenvalue weighted by molar-refractivity contribution is -0.129. The Labute approximate surface area is 155 Å². The number of nitrogens with zero attached hydrogens (tertiary/aromatic N) is 1. The van der Waals surface area contributed by atoms with Gasteiger partial charge in [-0.25, -0.2) is 21.9 Å². The first-order valence-electron chi connectivity index (χ1n) is 8.19. The summed E-state index contributed by atoms with van der Waals surface area (Å²) >= 11 is 0. The van der Waals surface area contributed by atoms with Gasteiger partial charge in [-0.15, -0.1) is 0 Å². The Morgan fingerprint density at radius 3 is 2.56 bits per heavy atom. The first-order chi connectivity index (χ1) is 12.8. The number of anilines is 1. The van der Waals surface area contributed by atoms with Gasteiger partial charge < -0.3 is 9.64 Å². The average Bonchev–Trinajstić information content (AvgIpc) is 2.64. The van der Waals surface area contributed by atoms with Gasteiger partial charge in [-0.05, 0) is 55.0 Å². The molecule has 0 saturated carbocycles. The molecule has 1 aliphatic heterocycles. The van der Waals surface area contributed by atoms with E-state index in [0.717, 1.165) is 6.07 Å². The summed E-state index contributed by atoms with van der Waals surface area (Å²) in [6, 6.07) is 8.95. The van der Waals surface area contributed by atoms with E-state index in [2.05, 4.69) is 4.72 Å². The lowest BCUT2D eigenvalue weighted by Crippen LogP contribution is -2.50. The van der Waals surface area contributed by atoms with Crippen molar-refractivity contribution < 1.29 is 26.7 Å². The maximum atomic E-state index is 13.3. The fraction of sp³-hybridized carbons (Fsp3) is 0.278. The van der Waals surface area contributed by atoms with Gasteiger partial charge in [0.25, 0.3) is 5.91 Å². The van der Waals surface area contributed by atoms with E-state index in [-0.39, 0.29) is 36.1 Å². The molecule has 2 aromatic carbocycles. The highest BCUT2D eigenvalue weighted by atomic mass is 32.2. The van der Waals surface area contributed by atoms with E-state index in [4.69, 9.17) is 4.74 Å². The van der Waals surface area contributed by atoms with Crippen LogP contribution in [0.4, 0.5) is 14.5 Å². The Balaban J connectivity index is 1.67. The number of morpholine rings is 1. The van der Waals surface area contributed by atoms with Crippen LogP contribution < -0.4 is 9.62 Å². The first-order valence-corrected chi connectivity index (χ1v) is 9.68. The van der Waals surface area contributed by atoms with Gasteiger partial charge in [0.05, 0.1) is 17.5 Å². The maximum absolute atomic E-state index is 13.3. The van der Waals surface area contributed by atoms with Crippen molar-refractivity contribution >= 4 is 21.6 Å². The van der Waals surface area contributed by atoms with Gasteiger partial charge in [-0.2, -0.15) is 0 Å². The second kappa shape index (κ2) is 7.71. The summed E-state index contributed by atoms with van der Waals surface area (Å²) in [7, 11) is -3.85. The number of hydrogen-bond donors (Lipinski definition) is 1. The molecule has 1 atom stereocenters. The van der Waals surface area contributed by atoms with Crippen LogP contribution in [0.15, 0.2) is 47.4 Å². The fourth-order valence-corrected chi connectivity index (χ4v) is 3.84. The molecule has 0 aliphatic carbocycles. The van der Waals surface area contributed by atoms with Crippen LogP contribution in [0.5, 0.6) is 0 Å². The van der Waals surface area contributed by atoms with E-state index in [1.54, 1.807) is 0 Å². The van der Waals surface area contributed by atoms with Crippen LogP contribution >= 0.6 is 0 Å². The van der Waals surface area contributed by atoms with Crippen molar-refractivity contribution in [3.63, 3.8) is 0 Å². The summed E-state index contributed by atoms with van der Waals surface area (Å²) in [4.78, 5) is 13.4. The van der Waals surface area contributed by atoms with Crippen LogP contribution in [0.25, 0.3) is 0 Å². The number of nitrogens with one attached hydrogen (secondary N) is 1. The molecule has 0 bridgehead atoms. The lowest BCUT2D eigenvalue weighted by Gasteiger charge is -2.32. The average molecular weight is 396 g/mol. The van der Waals surface area contributed by atoms with Crippen LogP contribution in [-0.2, 0) is 19.6 Å². The van der Waals surface area contributed by atoms with Crippen LogP contribution in [0, 0.1) is 18.6 Å². The molecule has 1 saturated heterocycles. The highest BCUT2D eigenvalue weighted by molar-refractivity contribution is 7.89. The summed E-state index contributed by atoms with van der Waals surface area (Å²) in [6.45, 7) is 1.32. The SMILES string of the molecule is Cc1cc(S(=O)(=O)NCC2CN(c3ccc(F)cc3)C(=O)CO2)ccc1F. The van der Waals surface area contributed by atoms with E-state index >= 15 is 0 Å². The molecule has 0 spiro atoms. The topological polar surface area (TPSA) is 75.7 Å². The standard InChI is InChI=1S/C18H18F2N2O4S/c1-12-8-16(6-7-17(12)20)27(24,25)21-9-15-10-22(18(23)11-26-15)14-4-2-13(19)3-5-14/h2-8,15,21H,9-11H2,1H3. The first kappa shape index (κ1) is 19.4. The maximum Gasteiger partial charge on any atom is 0.253 e. The molecule has 144 valence electrons. The van der Waals surface area contributed by atoms with Crippen molar-refractivity contribution in [3.05, 3.63) is 59.7 Å². The van der Waals surface area contributed by atoms with Crippen LogP contribution in [-0.4, -0.2) is 40.1 Å². The predicted octanol–water partition coefficient (Wildman–Crippen LogP) is 1.98. The molecule has 1 amide bonds. The minimum atomic E-state index is -3.85. The predicted molar refractivity (Wildman–Crippen MR) is 94.8 cm³/mol. The zero-order valence-corrected chi connectivity index (χ0v) is 15.3. The second-order valence-corrected chi connectivity index (χ2v) is 7.94. The number of benzene rings is 2. The normalized spacial score (nSPS) is 18.0. The highest BCUT2D eigenvalue weighted by Gasteiger charge is 2.28. The smallest absolute Gasteiger partial charge is 0.253 e. The summed E-state index contributed by atoms with van der Waals surface area (Å²) in [5.74, 6) is -1.20. The van der Waals surface area contributed by atoms with Gasteiger partial charge in [-0.3, -0.25) is 4.79 Å². The molecule has 0 aromatic heterocycles. The minimum absolute atomic E-state index is 0.0522. The molecule has 6 nitrogen and oxygen atoms in total. The minimum Gasteiger partial charge on any atom is -0.365 e. The van der Waals surface area contributed by atoms with Gasteiger partial charge in [0.15, 0.2) is 0 Å². The van der Waals surface area contributed by atoms with E-state index in [0.29, 0.717) is 5.69 Å². The number of ether oxygens (including phenoxy) is 1. The van der Waals surface area contributed by atoms with Crippen LogP contribution in [0.1, 0.15) is 5.56 Å². The summed E-state index contributed by atoms with van der Waals surface area (Å²) < 4.78 is 59.0. The molecule has 1 heterocycles. The van der Waals surface area contributed by atoms with Crippen LogP contribution in [0.2, 0.25) is 0 Å². The number of halogens is 2. The number of carbonyl (C=O) groups is 1. The Morgan fingerprint density at radius 2 is 1.89 bits per heavy atom. The molecule has 2 aromatic rings. The van der Waals surface area contributed by atoms with E-state index < -0.39 is 27.8 Å². The van der Waals surface area contributed by atoms with Crippen molar-refractivity contribution in [2.24, 2.45) is 0 Å².